The van der Waals surface area contributed by atoms with E-state index < -0.39 is 0 Å². The Hall–Kier alpha value is -2.68. The standard InChI is InChI=1S/C29H34.C3H8.C2H6.2CH4O/c1-8-12-25-18-28(23(7)16-21(25)5)29(26-14-11-10-13-19(26)3)27-17-24(9-2)20(4)15-22(27)6;1-3-2;3*1-2/h10-11,13-18H,4,8-9,12H2,1-3,5-7H3;3H2,1-2H3;1-2H3;2*2H,1H3/b29-27-;;;;. The Balaban J connectivity index is 0. The van der Waals surface area contributed by atoms with Crippen LogP contribution in [0.3, 0.4) is 0 Å². The van der Waals surface area contributed by atoms with Crippen molar-refractivity contribution in [1.29, 1.82) is 0 Å². The van der Waals surface area contributed by atoms with Crippen LogP contribution in [0.1, 0.15) is 98.9 Å². The first-order valence-corrected chi connectivity index (χ1v) is 14.2. The Labute approximate surface area is 234 Å². The molecule has 2 heteroatoms. The highest BCUT2D eigenvalue weighted by Crippen LogP contribution is 2.29. The average molecular weight is 521 g/mol. The predicted molar refractivity (Wildman–Crippen MR) is 172 cm³/mol. The van der Waals surface area contributed by atoms with E-state index in [1.165, 1.54) is 61.7 Å². The molecule has 0 amide bonds. The van der Waals surface area contributed by atoms with E-state index in [0.717, 1.165) is 38.7 Å². The summed E-state index contributed by atoms with van der Waals surface area (Å²) >= 11 is 0. The van der Waals surface area contributed by atoms with Gasteiger partial charge in [0, 0.05) is 14.2 Å². The highest BCUT2D eigenvalue weighted by Gasteiger charge is 2.15. The van der Waals surface area contributed by atoms with Gasteiger partial charge in [0.05, 0.1) is 0 Å². The Morgan fingerprint density at radius 1 is 0.658 bits per heavy atom. The van der Waals surface area contributed by atoms with Crippen LogP contribution in [0.4, 0.5) is 0 Å². The zero-order valence-electron chi connectivity index (χ0n) is 26.5. The molecule has 0 heterocycles. The molecule has 0 aromatic heterocycles. The van der Waals surface area contributed by atoms with Crippen LogP contribution in [-0.2, 0) is 12.8 Å². The largest absolute Gasteiger partial charge is 0.400 e. The summed E-state index contributed by atoms with van der Waals surface area (Å²) in [6.07, 6.45) is 4.54. The molecular weight excluding hydrogens is 464 g/mol. The summed E-state index contributed by atoms with van der Waals surface area (Å²) in [6.45, 7) is 25.9. The molecule has 2 N–H and O–H groups in total. The van der Waals surface area contributed by atoms with Crippen LogP contribution in [0.25, 0.3) is 12.2 Å². The lowest BCUT2D eigenvalue weighted by Gasteiger charge is -2.18. The number of rotatable bonds is 5. The first-order chi connectivity index (χ1) is 18.3. The molecule has 0 saturated heterocycles. The molecule has 0 unspecified atom stereocenters. The van der Waals surface area contributed by atoms with Crippen LogP contribution in [0, 0.1) is 27.7 Å². The van der Waals surface area contributed by atoms with Gasteiger partial charge in [-0.15, -0.1) is 0 Å². The smallest absolute Gasteiger partial charge is 0.0319 e. The molecule has 0 radical (unpaired) electrons. The summed E-state index contributed by atoms with van der Waals surface area (Å²) in [5, 5.41) is 16.5. The van der Waals surface area contributed by atoms with Crippen molar-refractivity contribution < 1.29 is 10.2 Å². The first kappa shape index (κ1) is 37.5. The second-order valence-electron chi connectivity index (χ2n) is 9.03. The van der Waals surface area contributed by atoms with Crippen molar-refractivity contribution in [3.8, 4) is 0 Å². The summed E-state index contributed by atoms with van der Waals surface area (Å²) in [4.78, 5) is 0. The van der Waals surface area contributed by atoms with E-state index in [-0.39, 0.29) is 0 Å². The van der Waals surface area contributed by atoms with Crippen molar-refractivity contribution >= 4 is 12.2 Å². The van der Waals surface area contributed by atoms with E-state index in [1.54, 1.807) is 0 Å². The van der Waals surface area contributed by atoms with Gasteiger partial charge in [-0.3, -0.25) is 0 Å². The molecule has 0 atom stereocenters. The molecule has 38 heavy (non-hydrogen) atoms. The van der Waals surface area contributed by atoms with Crippen molar-refractivity contribution in [3.63, 3.8) is 0 Å². The fraction of sp³-hybridized carbons (Fsp3) is 0.444. The lowest BCUT2D eigenvalue weighted by molar-refractivity contribution is 0.399. The Kier molecular flexibility index (Phi) is 21.0. The molecule has 0 aliphatic rings. The zero-order valence-corrected chi connectivity index (χ0v) is 26.5. The number of aryl methyl sites for hydroxylation is 6. The van der Waals surface area contributed by atoms with Gasteiger partial charge in [-0.05, 0) is 101 Å². The van der Waals surface area contributed by atoms with Crippen LogP contribution in [0.5, 0.6) is 0 Å². The molecule has 0 bridgehead atoms. The number of hydrogen-bond donors (Lipinski definition) is 2. The fourth-order valence-corrected chi connectivity index (χ4v) is 4.40. The van der Waals surface area contributed by atoms with Crippen LogP contribution < -0.4 is 10.4 Å². The lowest BCUT2D eigenvalue weighted by Crippen LogP contribution is -2.21. The summed E-state index contributed by atoms with van der Waals surface area (Å²) in [5.74, 6) is 0. The number of benzene rings is 3. The maximum absolute atomic E-state index is 7.00. The molecule has 0 aliphatic carbocycles. The molecule has 0 spiro atoms. The summed E-state index contributed by atoms with van der Waals surface area (Å²) in [7, 11) is 2.00. The van der Waals surface area contributed by atoms with Crippen LogP contribution in [0.15, 0.2) is 48.5 Å². The minimum atomic E-state index is 1.00. The normalized spacial score (nSPS) is 10.3. The molecule has 0 saturated carbocycles. The summed E-state index contributed by atoms with van der Waals surface area (Å²) in [6, 6.07) is 18.2. The van der Waals surface area contributed by atoms with Gasteiger partial charge in [-0.1, -0.05) is 109 Å². The second-order valence-corrected chi connectivity index (χ2v) is 9.03. The summed E-state index contributed by atoms with van der Waals surface area (Å²) < 4.78 is 0. The molecule has 3 aromatic rings. The van der Waals surface area contributed by atoms with E-state index in [2.05, 4.69) is 110 Å². The molecule has 0 aliphatic heterocycles. The minimum absolute atomic E-state index is 1.00. The average Bonchev–Trinajstić information content (AvgIpc) is 2.92. The van der Waals surface area contributed by atoms with Gasteiger partial charge in [0.15, 0.2) is 0 Å². The third kappa shape index (κ3) is 10.6. The van der Waals surface area contributed by atoms with Crippen molar-refractivity contribution in [3.05, 3.63) is 103 Å². The monoisotopic (exact) mass is 520 g/mol. The number of aliphatic hydroxyl groups is 2. The number of hydrogen-bond acceptors (Lipinski definition) is 2. The Morgan fingerprint density at radius 2 is 1.21 bits per heavy atom. The maximum atomic E-state index is 7.00. The van der Waals surface area contributed by atoms with Crippen molar-refractivity contribution in [2.75, 3.05) is 14.2 Å². The molecule has 3 rings (SSSR count). The Bertz CT molecular complexity index is 1170. The van der Waals surface area contributed by atoms with Crippen molar-refractivity contribution in [2.45, 2.75) is 94.9 Å². The van der Waals surface area contributed by atoms with Crippen molar-refractivity contribution in [2.24, 2.45) is 0 Å². The molecular formula is C36H56O2. The lowest BCUT2D eigenvalue weighted by atomic mass is 9.85. The van der Waals surface area contributed by atoms with Gasteiger partial charge in [0.1, 0.15) is 0 Å². The van der Waals surface area contributed by atoms with Crippen molar-refractivity contribution in [1.82, 2.24) is 0 Å². The summed E-state index contributed by atoms with van der Waals surface area (Å²) in [5.41, 5.74) is 12.2. The van der Waals surface area contributed by atoms with E-state index >= 15 is 0 Å². The minimum Gasteiger partial charge on any atom is -0.400 e. The second kappa shape index (κ2) is 21.3. The highest BCUT2D eigenvalue weighted by molar-refractivity contribution is 5.83. The van der Waals surface area contributed by atoms with Gasteiger partial charge in [0.2, 0.25) is 0 Å². The molecule has 2 nitrogen and oxygen atoms in total. The molecule has 0 fully saturated rings. The predicted octanol–water partition coefficient (Wildman–Crippen LogP) is 7.75. The quantitative estimate of drug-likeness (QED) is 0.361. The Morgan fingerprint density at radius 3 is 1.71 bits per heavy atom. The van der Waals surface area contributed by atoms with Crippen LogP contribution in [-0.4, -0.2) is 24.4 Å². The van der Waals surface area contributed by atoms with Gasteiger partial charge in [-0.25, -0.2) is 0 Å². The third-order valence-electron chi connectivity index (χ3n) is 6.08. The van der Waals surface area contributed by atoms with Crippen LogP contribution in [0.2, 0.25) is 0 Å². The molecule has 212 valence electrons. The van der Waals surface area contributed by atoms with E-state index in [9.17, 15) is 0 Å². The number of aliphatic hydroxyl groups excluding tert-OH is 2. The third-order valence-corrected chi connectivity index (χ3v) is 6.08. The first-order valence-electron chi connectivity index (χ1n) is 14.2. The fourth-order valence-electron chi connectivity index (χ4n) is 4.40. The zero-order chi connectivity index (χ0) is 29.8. The van der Waals surface area contributed by atoms with Gasteiger partial charge >= 0.3 is 0 Å². The van der Waals surface area contributed by atoms with Gasteiger partial charge in [0.25, 0.3) is 0 Å². The van der Waals surface area contributed by atoms with E-state index in [4.69, 9.17) is 10.2 Å². The highest BCUT2D eigenvalue weighted by atomic mass is 16.2. The SMILES string of the molecule is C=c1cc(C)/c(=C(/c2ccccc2C)c2cc(CCC)c(C)cc2C)cc1CC.CC.CCC.CO.CO. The van der Waals surface area contributed by atoms with Gasteiger partial charge in [-0.2, -0.15) is 0 Å². The van der Waals surface area contributed by atoms with Crippen LogP contribution >= 0.6 is 0 Å². The van der Waals surface area contributed by atoms with E-state index in [0.29, 0.717) is 0 Å². The maximum Gasteiger partial charge on any atom is 0.0319 e. The topological polar surface area (TPSA) is 40.5 Å². The van der Waals surface area contributed by atoms with E-state index in [1.807, 2.05) is 13.8 Å². The molecule has 3 aromatic carbocycles. The van der Waals surface area contributed by atoms with Gasteiger partial charge < -0.3 is 10.2 Å².